The van der Waals surface area contributed by atoms with E-state index in [4.69, 9.17) is 4.74 Å². The third kappa shape index (κ3) is 5.95. The Labute approximate surface area is 230 Å². The maximum absolute atomic E-state index is 12.6. The molecule has 1 fully saturated rings. The molecule has 0 spiro atoms. The number of thiophene rings is 1. The van der Waals surface area contributed by atoms with E-state index in [2.05, 4.69) is 28.4 Å². The highest BCUT2D eigenvalue weighted by molar-refractivity contribution is 7.11. The average molecular weight is 528 g/mol. The van der Waals surface area contributed by atoms with Crippen molar-refractivity contribution >= 4 is 17.2 Å². The van der Waals surface area contributed by atoms with Gasteiger partial charge in [-0.05, 0) is 123 Å². The summed E-state index contributed by atoms with van der Waals surface area (Å²) in [5.41, 5.74) is 6.92. The smallest absolute Gasteiger partial charge is 0.251 e. The number of nitriles is 1. The molecule has 3 aromatic rings. The van der Waals surface area contributed by atoms with Crippen molar-refractivity contribution in [2.45, 2.75) is 57.3 Å². The Morgan fingerprint density at radius 1 is 1.08 bits per heavy atom. The number of methoxy groups -OCH3 is 1. The van der Waals surface area contributed by atoms with E-state index < -0.39 is 0 Å². The standard InChI is InChI=1S/C32H37N3O2S/c1-37-31-28-7-3-2-6-23(28)12-13-29(31)25-14-19-35(20-15-25)18-5-4-17-34-32(36)26-10-8-24(9-11-26)27-16-21-38-30(27)22-33/h8-13,16,21,25H,2-7,14-15,17-20H2,1H3,(H,34,36). The fourth-order valence-corrected chi connectivity index (χ4v) is 6.74. The fraction of sp³-hybridized carbons (Fsp3) is 0.438. The SMILES string of the molecule is COc1c(C2CCN(CCCCNC(=O)c3ccc(-c4ccsc4C#N)cc3)CC2)ccc2c1CCCC2. The van der Waals surface area contributed by atoms with Crippen LogP contribution in [-0.2, 0) is 12.8 Å². The molecule has 1 aliphatic carbocycles. The summed E-state index contributed by atoms with van der Waals surface area (Å²) in [6.45, 7) is 4.02. The van der Waals surface area contributed by atoms with Crippen molar-refractivity contribution < 1.29 is 9.53 Å². The number of piperidine rings is 1. The lowest BCUT2D eigenvalue weighted by atomic mass is 9.83. The maximum atomic E-state index is 12.6. The Morgan fingerprint density at radius 2 is 1.87 bits per heavy atom. The number of likely N-dealkylation sites (tertiary alicyclic amines) is 1. The number of unbranched alkanes of at least 4 members (excludes halogenated alkanes) is 1. The Hall–Kier alpha value is -3.14. The molecule has 2 aromatic carbocycles. The lowest BCUT2D eigenvalue weighted by Crippen LogP contribution is -2.34. The molecule has 0 atom stereocenters. The Morgan fingerprint density at radius 3 is 2.63 bits per heavy atom. The third-order valence-corrected chi connectivity index (χ3v) is 8.97. The van der Waals surface area contributed by atoms with Gasteiger partial charge in [-0.25, -0.2) is 0 Å². The second-order valence-electron chi connectivity index (χ2n) is 10.5. The number of ether oxygens (including phenoxy) is 1. The van der Waals surface area contributed by atoms with Crippen LogP contribution in [0.25, 0.3) is 11.1 Å². The first kappa shape index (κ1) is 26.5. The number of carbonyl (C=O) groups excluding carboxylic acids is 1. The van der Waals surface area contributed by atoms with E-state index in [0.29, 0.717) is 22.9 Å². The molecule has 198 valence electrons. The number of fused-ring (bicyclic) bond motifs is 1. The molecule has 0 radical (unpaired) electrons. The largest absolute Gasteiger partial charge is 0.496 e. The van der Waals surface area contributed by atoms with Gasteiger partial charge in [0.25, 0.3) is 5.91 Å². The lowest BCUT2D eigenvalue weighted by molar-refractivity contribution is 0.0952. The van der Waals surface area contributed by atoms with Crippen LogP contribution in [0.4, 0.5) is 0 Å². The summed E-state index contributed by atoms with van der Waals surface area (Å²) >= 11 is 1.44. The Kier molecular flexibility index (Phi) is 8.78. The van der Waals surface area contributed by atoms with Gasteiger partial charge in [-0.15, -0.1) is 11.3 Å². The summed E-state index contributed by atoms with van der Waals surface area (Å²) < 4.78 is 5.94. The fourth-order valence-electron chi connectivity index (χ4n) is 6.03. The van der Waals surface area contributed by atoms with Gasteiger partial charge < -0.3 is 15.0 Å². The number of hydrogen-bond acceptors (Lipinski definition) is 5. The van der Waals surface area contributed by atoms with Gasteiger partial charge in [-0.3, -0.25) is 4.79 Å². The molecule has 2 heterocycles. The summed E-state index contributed by atoms with van der Waals surface area (Å²) in [6.07, 6.45) is 9.35. The molecule has 1 aromatic heterocycles. The normalized spacial score (nSPS) is 16.0. The highest BCUT2D eigenvalue weighted by Gasteiger charge is 2.26. The quantitative estimate of drug-likeness (QED) is 0.320. The first-order chi connectivity index (χ1) is 18.7. The third-order valence-electron chi connectivity index (χ3n) is 8.15. The zero-order valence-corrected chi connectivity index (χ0v) is 23.1. The second kappa shape index (κ2) is 12.6. The van der Waals surface area contributed by atoms with Gasteiger partial charge in [0.2, 0.25) is 0 Å². The first-order valence-corrected chi connectivity index (χ1v) is 14.8. The van der Waals surface area contributed by atoms with Crippen molar-refractivity contribution in [3.05, 3.63) is 75.0 Å². The van der Waals surface area contributed by atoms with Crippen molar-refractivity contribution in [2.24, 2.45) is 0 Å². The average Bonchev–Trinajstić information content (AvgIpc) is 3.46. The van der Waals surface area contributed by atoms with E-state index in [0.717, 1.165) is 50.0 Å². The number of aryl methyl sites for hydroxylation is 1. The van der Waals surface area contributed by atoms with Gasteiger partial charge in [-0.2, -0.15) is 5.26 Å². The van der Waals surface area contributed by atoms with Crippen LogP contribution >= 0.6 is 11.3 Å². The monoisotopic (exact) mass is 527 g/mol. The van der Waals surface area contributed by atoms with Crippen LogP contribution in [-0.4, -0.2) is 44.1 Å². The van der Waals surface area contributed by atoms with Crippen molar-refractivity contribution in [2.75, 3.05) is 33.3 Å². The number of benzene rings is 2. The number of rotatable bonds is 9. The predicted octanol–water partition coefficient (Wildman–Crippen LogP) is 6.56. The molecule has 0 bridgehead atoms. The van der Waals surface area contributed by atoms with Gasteiger partial charge in [0.05, 0.1) is 7.11 Å². The molecule has 1 saturated heterocycles. The number of nitrogens with one attached hydrogen (secondary N) is 1. The number of carbonyl (C=O) groups is 1. The van der Waals surface area contributed by atoms with Gasteiger partial charge in [0.1, 0.15) is 16.7 Å². The van der Waals surface area contributed by atoms with E-state index >= 15 is 0 Å². The molecule has 5 rings (SSSR count). The zero-order chi connectivity index (χ0) is 26.3. The molecular formula is C32H37N3O2S. The highest BCUT2D eigenvalue weighted by atomic mass is 32.1. The Balaban J connectivity index is 1.03. The molecule has 6 heteroatoms. The van der Waals surface area contributed by atoms with Gasteiger partial charge in [0, 0.05) is 17.7 Å². The summed E-state index contributed by atoms with van der Waals surface area (Å²) in [5, 5.41) is 14.2. The van der Waals surface area contributed by atoms with Crippen molar-refractivity contribution in [3.63, 3.8) is 0 Å². The van der Waals surface area contributed by atoms with Crippen LogP contribution in [0.2, 0.25) is 0 Å². The van der Waals surface area contributed by atoms with Crippen LogP contribution < -0.4 is 10.1 Å². The minimum atomic E-state index is -0.0396. The van der Waals surface area contributed by atoms with Gasteiger partial charge in [0.15, 0.2) is 0 Å². The molecule has 0 unspecified atom stereocenters. The molecule has 1 amide bonds. The topological polar surface area (TPSA) is 65.4 Å². The first-order valence-electron chi connectivity index (χ1n) is 13.9. The molecule has 38 heavy (non-hydrogen) atoms. The molecule has 2 aliphatic rings. The zero-order valence-electron chi connectivity index (χ0n) is 22.3. The van der Waals surface area contributed by atoms with E-state index in [-0.39, 0.29) is 5.91 Å². The van der Waals surface area contributed by atoms with Gasteiger partial charge in [-0.1, -0.05) is 24.3 Å². The van der Waals surface area contributed by atoms with Crippen LogP contribution in [0.15, 0.2) is 47.8 Å². The molecule has 1 aliphatic heterocycles. The lowest BCUT2D eigenvalue weighted by Gasteiger charge is -2.33. The van der Waals surface area contributed by atoms with Crippen LogP contribution in [0.1, 0.15) is 76.4 Å². The predicted molar refractivity (Wildman–Crippen MR) is 154 cm³/mol. The minimum Gasteiger partial charge on any atom is -0.496 e. The summed E-state index contributed by atoms with van der Waals surface area (Å²) in [4.78, 5) is 15.8. The molecule has 1 N–H and O–H groups in total. The molecular weight excluding hydrogens is 490 g/mol. The number of amides is 1. The van der Waals surface area contributed by atoms with Gasteiger partial charge >= 0.3 is 0 Å². The van der Waals surface area contributed by atoms with Crippen LogP contribution in [0, 0.1) is 11.3 Å². The summed E-state index contributed by atoms with van der Waals surface area (Å²) in [7, 11) is 1.84. The molecule has 5 nitrogen and oxygen atoms in total. The minimum absolute atomic E-state index is 0.0396. The summed E-state index contributed by atoms with van der Waals surface area (Å²) in [6, 6.07) is 16.4. The van der Waals surface area contributed by atoms with Crippen LogP contribution in [0.5, 0.6) is 5.75 Å². The summed E-state index contributed by atoms with van der Waals surface area (Å²) in [5.74, 6) is 1.72. The highest BCUT2D eigenvalue weighted by Crippen LogP contribution is 2.40. The van der Waals surface area contributed by atoms with E-state index in [1.807, 2.05) is 42.8 Å². The maximum Gasteiger partial charge on any atom is 0.251 e. The van der Waals surface area contributed by atoms with E-state index in [1.54, 1.807) is 0 Å². The Bertz CT molecular complexity index is 1280. The number of hydrogen-bond donors (Lipinski definition) is 1. The van der Waals surface area contributed by atoms with E-state index in [1.165, 1.54) is 65.9 Å². The van der Waals surface area contributed by atoms with Crippen molar-refractivity contribution in [3.8, 4) is 22.9 Å². The number of nitrogens with zero attached hydrogens (tertiary/aromatic N) is 2. The van der Waals surface area contributed by atoms with E-state index in [9.17, 15) is 10.1 Å². The van der Waals surface area contributed by atoms with Crippen molar-refractivity contribution in [1.82, 2.24) is 10.2 Å². The van der Waals surface area contributed by atoms with Crippen LogP contribution in [0.3, 0.4) is 0 Å². The van der Waals surface area contributed by atoms with Crippen molar-refractivity contribution in [1.29, 1.82) is 5.26 Å². The second-order valence-corrected chi connectivity index (χ2v) is 11.4. The molecule has 0 saturated carbocycles.